The van der Waals surface area contributed by atoms with Crippen LogP contribution in [0.1, 0.15) is 25.5 Å². The van der Waals surface area contributed by atoms with Gasteiger partial charge in [-0.2, -0.15) is 0 Å². The van der Waals surface area contributed by atoms with Crippen molar-refractivity contribution in [2.75, 3.05) is 19.3 Å². The molecule has 108 valence electrons. The summed E-state index contributed by atoms with van der Waals surface area (Å²) in [6.45, 7) is 2.86. The molecule has 0 spiro atoms. The predicted octanol–water partition coefficient (Wildman–Crippen LogP) is 0.957. The standard InChI is InChI=1S/C12H20N2O4S/c1-3-7-14(19(2,16)17)8-6-12(15)13-10-11-5-4-9-18-11/h4-5,9H,3,6-8,10H2,1-2H3,(H,13,15). The molecular formula is C12H20N2O4S. The average Bonchev–Trinajstić information content (AvgIpc) is 2.83. The van der Waals surface area contributed by atoms with E-state index < -0.39 is 10.0 Å². The minimum absolute atomic E-state index is 0.147. The fourth-order valence-electron chi connectivity index (χ4n) is 1.61. The molecule has 1 heterocycles. The number of amides is 1. The highest BCUT2D eigenvalue weighted by Crippen LogP contribution is 2.02. The lowest BCUT2D eigenvalue weighted by Crippen LogP contribution is -2.35. The van der Waals surface area contributed by atoms with Gasteiger partial charge in [0.05, 0.1) is 19.1 Å². The summed E-state index contributed by atoms with van der Waals surface area (Å²) in [4.78, 5) is 11.6. The molecule has 1 aromatic rings. The van der Waals surface area contributed by atoms with Crippen LogP contribution in [-0.2, 0) is 21.4 Å². The minimum Gasteiger partial charge on any atom is -0.467 e. The number of furan rings is 1. The maximum Gasteiger partial charge on any atom is 0.221 e. The Morgan fingerprint density at radius 3 is 2.68 bits per heavy atom. The maximum absolute atomic E-state index is 11.6. The van der Waals surface area contributed by atoms with E-state index in [-0.39, 0.29) is 18.9 Å². The first kappa shape index (κ1) is 15.7. The summed E-state index contributed by atoms with van der Waals surface area (Å²) in [6.07, 6.45) is 3.56. The maximum atomic E-state index is 11.6. The molecule has 0 atom stereocenters. The number of hydrogen-bond acceptors (Lipinski definition) is 4. The zero-order valence-corrected chi connectivity index (χ0v) is 12.1. The number of hydrogen-bond donors (Lipinski definition) is 1. The summed E-state index contributed by atoms with van der Waals surface area (Å²) in [5.74, 6) is 0.475. The van der Waals surface area contributed by atoms with Gasteiger partial charge in [0.2, 0.25) is 15.9 Å². The summed E-state index contributed by atoms with van der Waals surface area (Å²) in [6, 6.07) is 3.51. The minimum atomic E-state index is -3.25. The van der Waals surface area contributed by atoms with Gasteiger partial charge >= 0.3 is 0 Å². The summed E-state index contributed by atoms with van der Waals surface area (Å²) in [7, 11) is -3.25. The van der Waals surface area contributed by atoms with E-state index in [1.807, 2.05) is 6.92 Å². The molecule has 0 radical (unpaired) electrons. The van der Waals surface area contributed by atoms with Crippen molar-refractivity contribution < 1.29 is 17.6 Å². The highest BCUT2D eigenvalue weighted by Gasteiger charge is 2.16. The van der Waals surface area contributed by atoms with Gasteiger partial charge in [0.25, 0.3) is 0 Å². The van der Waals surface area contributed by atoms with Crippen molar-refractivity contribution in [2.45, 2.75) is 26.3 Å². The molecule has 0 bridgehead atoms. The van der Waals surface area contributed by atoms with Gasteiger partial charge in [-0.1, -0.05) is 6.92 Å². The van der Waals surface area contributed by atoms with E-state index in [4.69, 9.17) is 4.42 Å². The van der Waals surface area contributed by atoms with E-state index in [0.29, 0.717) is 18.8 Å². The van der Waals surface area contributed by atoms with Crippen molar-refractivity contribution >= 4 is 15.9 Å². The Balaban J connectivity index is 2.35. The van der Waals surface area contributed by atoms with Gasteiger partial charge in [-0.05, 0) is 18.6 Å². The van der Waals surface area contributed by atoms with Crippen LogP contribution in [0.5, 0.6) is 0 Å². The van der Waals surface area contributed by atoms with E-state index >= 15 is 0 Å². The normalized spacial score (nSPS) is 11.7. The van der Waals surface area contributed by atoms with Crippen LogP contribution in [0.25, 0.3) is 0 Å². The Morgan fingerprint density at radius 2 is 2.16 bits per heavy atom. The number of carbonyl (C=O) groups excluding carboxylic acids is 1. The van der Waals surface area contributed by atoms with Crippen LogP contribution in [0, 0.1) is 0 Å². The van der Waals surface area contributed by atoms with Crippen LogP contribution in [-0.4, -0.2) is 38.0 Å². The third-order valence-electron chi connectivity index (χ3n) is 2.57. The lowest BCUT2D eigenvalue weighted by atomic mass is 10.3. The summed E-state index contributed by atoms with van der Waals surface area (Å²) in [5.41, 5.74) is 0. The third-order valence-corrected chi connectivity index (χ3v) is 3.87. The van der Waals surface area contributed by atoms with Gasteiger partial charge in [0, 0.05) is 19.5 Å². The Kier molecular flexibility index (Phi) is 6.04. The first-order valence-electron chi connectivity index (χ1n) is 6.17. The molecule has 0 fully saturated rings. The fourth-order valence-corrected chi connectivity index (χ4v) is 2.54. The highest BCUT2D eigenvalue weighted by atomic mass is 32.2. The molecule has 1 aromatic heterocycles. The molecule has 1 amide bonds. The molecule has 6 nitrogen and oxygen atoms in total. The Morgan fingerprint density at radius 1 is 1.42 bits per heavy atom. The third kappa shape index (κ3) is 5.89. The summed E-state index contributed by atoms with van der Waals surface area (Å²) >= 11 is 0. The largest absolute Gasteiger partial charge is 0.467 e. The number of carbonyl (C=O) groups is 1. The van der Waals surface area contributed by atoms with E-state index in [0.717, 1.165) is 12.7 Å². The van der Waals surface area contributed by atoms with Crippen LogP contribution in [0.2, 0.25) is 0 Å². The van der Waals surface area contributed by atoms with Gasteiger partial charge in [-0.15, -0.1) is 0 Å². The van der Waals surface area contributed by atoms with E-state index in [1.54, 1.807) is 12.1 Å². The second-order valence-corrected chi connectivity index (χ2v) is 6.25. The first-order valence-corrected chi connectivity index (χ1v) is 8.02. The molecule has 7 heteroatoms. The van der Waals surface area contributed by atoms with Gasteiger partial charge < -0.3 is 9.73 Å². The molecule has 0 aromatic carbocycles. The van der Waals surface area contributed by atoms with Crippen LogP contribution >= 0.6 is 0 Å². The molecule has 0 saturated heterocycles. The Bertz CT molecular complexity index is 482. The molecular weight excluding hydrogens is 268 g/mol. The Labute approximate surface area is 113 Å². The molecule has 0 aliphatic rings. The molecule has 0 unspecified atom stereocenters. The molecule has 0 aliphatic carbocycles. The van der Waals surface area contributed by atoms with E-state index in [1.165, 1.54) is 10.6 Å². The van der Waals surface area contributed by atoms with Gasteiger partial charge in [-0.3, -0.25) is 4.79 Å². The number of sulfonamides is 1. The second kappa shape index (κ2) is 7.30. The monoisotopic (exact) mass is 288 g/mol. The van der Waals surface area contributed by atoms with Gasteiger partial charge in [-0.25, -0.2) is 12.7 Å². The van der Waals surface area contributed by atoms with Crippen LogP contribution in [0.4, 0.5) is 0 Å². The number of nitrogens with one attached hydrogen (secondary N) is 1. The van der Waals surface area contributed by atoms with Crippen molar-refractivity contribution in [3.05, 3.63) is 24.2 Å². The number of rotatable bonds is 8. The van der Waals surface area contributed by atoms with Gasteiger partial charge in [0.1, 0.15) is 5.76 Å². The molecule has 1 rings (SSSR count). The highest BCUT2D eigenvalue weighted by molar-refractivity contribution is 7.88. The zero-order valence-electron chi connectivity index (χ0n) is 11.3. The lowest BCUT2D eigenvalue weighted by molar-refractivity contribution is -0.121. The lowest BCUT2D eigenvalue weighted by Gasteiger charge is -2.18. The van der Waals surface area contributed by atoms with E-state index in [2.05, 4.69) is 5.32 Å². The average molecular weight is 288 g/mol. The second-order valence-electron chi connectivity index (χ2n) is 4.27. The van der Waals surface area contributed by atoms with Crippen molar-refractivity contribution in [3.63, 3.8) is 0 Å². The van der Waals surface area contributed by atoms with Crippen molar-refractivity contribution in [3.8, 4) is 0 Å². The SMILES string of the molecule is CCCN(CCC(=O)NCc1ccco1)S(C)(=O)=O. The van der Waals surface area contributed by atoms with Crippen molar-refractivity contribution in [1.82, 2.24) is 9.62 Å². The molecule has 19 heavy (non-hydrogen) atoms. The van der Waals surface area contributed by atoms with Crippen molar-refractivity contribution in [2.24, 2.45) is 0 Å². The van der Waals surface area contributed by atoms with Crippen LogP contribution < -0.4 is 5.32 Å². The van der Waals surface area contributed by atoms with E-state index in [9.17, 15) is 13.2 Å². The smallest absolute Gasteiger partial charge is 0.221 e. The topological polar surface area (TPSA) is 79.6 Å². The first-order chi connectivity index (χ1) is 8.93. The molecule has 0 aliphatic heterocycles. The fraction of sp³-hybridized carbons (Fsp3) is 0.583. The predicted molar refractivity (Wildman–Crippen MR) is 71.9 cm³/mol. The van der Waals surface area contributed by atoms with Crippen LogP contribution in [0.15, 0.2) is 22.8 Å². The molecule has 1 N–H and O–H groups in total. The zero-order chi connectivity index (χ0) is 14.3. The number of nitrogens with zero attached hydrogens (tertiary/aromatic N) is 1. The Hall–Kier alpha value is -1.34. The van der Waals surface area contributed by atoms with Crippen molar-refractivity contribution in [1.29, 1.82) is 0 Å². The molecule has 0 saturated carbocycles. The van der Waals surface area contributed by atoms with Crippen LogP contribution in [0.3, 0.4) is 0 Å². The quantitative estimate of drug-likeness (QED) is 0.772. The summed E-state index contributed by atoms with van der Waals surface area (Å²) < 4.78 is 29.3. The van der Waals surface area contributed by atoms with Gasteiger partial charge in [0.15, 0.2) is 0 Å². The summed E-state index contributed by atoms with van der Waals surface area (Å²) in [5, 5.41) is 2.68.